The van der Waals surface area contributed by atoms with E-state index in [0.717, 1.165) is 20.6 Å². The molecule has 0 amide bonds. The number of hydrogen-bond donors (Lipinski definition) is 1. The Labute approximate surface area is 201 Å². The zero-order chi connectivity index (χ0) is 23.2. The topological polar surface area (TPSA) is 80.6 Å². The number of nitrogens with zero attached hydrogens (tertiary/aromatic N) is 3. The van der Waals surface area contributed by atoms with Gasteiger partial charge in [-0.3, -0.25) is 4.79 Å². The lowest BCUT2D eigenvalue weighted by Gasteiger charge is -2.08. The van der Waals surface area contributed by atoms with Gasteiger partial charge in [-0.2, -0.15) is 9.78 Å². The molecule has 0 radical (unpaired) electrons. The van der Waals surface area contributed by atoms with E-state index in [4.69, 9.17) is 9.40 Å². The van der Waals surface area contributed by atoms with E-state index < -0.39 is 0 Å². The molecule has 7 heteroatoms. The van der Waals surface area contributed by atoms with Gasteiger partial charge in [-0.05, 0) is 53.2 Å². The summed E-state index contributed by atoms with van der Waals surface area (Å²) in [6.07, 6.45) is 1.48. The second-order valence-electron chi connectivity index (χ2n) is 7.83. The van der Waals surface area contributed by atoms with E-state index in [1.54, 1.807) is 24.3 Å². The Morgan fingerprint density at radius 1 is 0.912 bits per heavy atom. The third kappa shape index (κ3) is 3.38. The van der Waals surface area contributed by atoms with Crippen molar-refractivity contribution in [2.24, 2.45) is 5.10 Å². The molecule has 0 bridgehead atoms. The fourth-order valence-electron chi connectivity index (χ4n) is 4.05. The first kappa shape index (κ1) is 20.4. The number of furan rings is 1. The minimum Gasteiger partial charge on any atom is -0.507 e. The van der Waals surface area contributed by atoms with Crippen molar-refractivity contribution in [2.75, 3.05) is 0 Å². The van der Waals surface area contributed by atoms with E-state index in [1.807, 2.05) is 60.7 Å². The molecule has 2 aromatic heterocycles. The number of aromatic hydroxyl groups is 1. The van der Waals surface area contributed by atoms with Crippen LogP contribution in [0.5, 0.6) is 5.75 Å². The second-order valence-corrected chi connectivity index (χ2v) is 8.74. The van der Waals surface area contributed by atoms with Crippen molar-refractivity contribution in [1.82, 2.24) is 9.66 Å². The molecule has 164 valence electrons. The highest BCUT2D eigenvalue weighted by Crippen LogP contribution is 2.30. The molecular weight excluding hydrogens is 494 g/mol. The van der Waals surface area contributed by atoms with Gasteiger partial charge in [0.05, 0.1) is 17.1 Å². The minimum atomic E-state index is -0.335. The van der Waals surface area contributed by atoms with E-state index in [2.05, 4.69) is 21.0 Å². The molecule has 0 aliphatic heterocycles. The van der Waals surface area contributed by atoms with Gasteiger partial charge in [0.25, 0.3) is 5.56 Å². The summed E-state index contributed by atoms with van der Waals surface area (Å²) in [6, 6.07) is 25.7. The molecule has 1 N–H and O–H groups in total. The Bertz CT molecular complexity index is 1820. The SMILES string of the molecule is O=c1c2ccccc2nc(-c2cc3cc(Br)ccc3o2)n1N=Cc1c(O)ccc2ccccc12. The van der Waals surface area contributed by atoms with Gasteiger partial charge in [-0.1, -0.05) is 58.4 Å². The van der Waals surface area contributed by atoms with Gasteiger partial charge in [-0.15, -0.1) is 0 Å². The van der Waals surface area contributed by atoms with Crippen molar-refractivity contribution in [1.29, 1.82) is 0 Å². The number of benzene rings is 4. The van der Waals surface area contributed by atoms with Crippen LogP contribution < -0.4 is 5.56 Å². The number of fused-ring (bicyclic) bond motifs is 3. The fourth-order valence-corrected chi connectivity index (χ4v) is 4.43. The standard InChI is InChI=1S/C27H16BrN3O3/c28-18-10-12-24-17(13-18)14-25(34-24)26-30-22-8-4-3-7-20(22)27(33)31(26)29-15-21-19-6-2-1-5-16(19)9-11-23(21)32/h1-15,32H. The van der Waals surface area contributed by atoms with Gasteiger partial charge in [0.2, 0.25) is 5.82 Å². The van der Waals surface area contributed by atoms with Crippen molar-refractivity contribution >= 4 is 54.8 Å². The third-order valence-electron chi connectivity index (χ3n) is 5.70. The van der Waals surface area contributed by atoms with Gasteiger partial charge >= 0.3 is 0 Å². The van der Waals surface area contributed by atoms with Gasteiger partial charge in [-0.25, -0.2) is 4.98 Å². The van der Waals surface area contributed by atoms with E-state index in [0.29, 0.717) is 27.8 Å². The van der Waals surface area contributed by atoms with Crippen LogP contribution in [-0.4, -0.2) is 21.0 Å². The number of aromatic nitrogens is 2. The second kappa shape index (κ2) is 7.97. The normalized spacial score (nSPS) is 11.8. The van der Waals surface area contributed by atoms with Crippen molar-refractivity contribution in [3.05, 3.63) is 105 Å². The molecule has 34 heavy (non-hydrogen) atoms. The summed E-state index contributed by atoms with van der Waals surface area (Å²) in [6.45, 7) is 0. The quantitative estimate of drug-likeness (QED) is 0.283. The van der Waals surface area contributed by atoms with Gasteiger partial charge in [0.15, 0.2) is 5.76 Å². The van der Waals surface area contributed by atoms with Crippen LogP contribution in [0.4, 0.5) is 0 Å². The molecule has 6 nitrogen and oxygen atoms in total. The summed E-state index contributed by atoms with van der Waals surface area (Å²) in [5, 5.41) is 18.1. The average Bonchev–Trinajstić information content (AvgIpc) is 3.27. The summed E-state index contributed by atoms with van der Waals surface area (Å²) >= 11 is 3.47. The molecule has 2 heterocycles. The van der Waals surface area contributed by atoms with Crippen LogP contribution >= 0.6 is 15.9 Å². The average molecular weight is 510 g/mol. The molecule has 0 saturated carbocycles. The fraction of sp³-hybridized carbons (Fsp3) is 0. The van der Waals surface area contributed by atoms with Crippen LogP contribution in [0.2, 0.25) is 0 Å². The highest BCUT2D eigenvalue weighted by molar-refractivity contribution is 9.10. The maximum atomic E-state index is 13.5. The molecule has 4 aromatic carbocycles. The Morgan fingerprint density at radius 3 is 2.59 bits per heavy atom. The summed E-state index contributed by atoms with van der Waals surface area (Å²) in [4.78, 5) is 18.2. The molecule has 0 fully saturated rings. The van der Waals surface area contributed by atoms with Crippen LogP contribution in [0.3, 0.4) is 0 Å². The molecule has 0 aliphatic carbocycles. The van der Waals surface area contributed by atoms with Crippen molar-refractivity contribution in [3.63, 3.8) is 0 Å². The van der Waals surface area contributed by atoms with Crippen molar-refractivity contribution < 1.29 is 9.52 Å². The zero-order valence-corrected chi connectivity index (χ0v) is 19.2. The summed E-state index contributed by atoms with van der Waals surface area (Å²) in [7, 11) is 0. The molecule has 6 aromatic rings. The lowest BCUT2D eigenvalue weighted by atomic mass is 10.0. The summed E-state index contributed by atoms with van der Waals surface area (Å²) in [5.74, 6) is 0.752. The first-order valence-corrected chi connectivity index (χ1v) is 11.3. The molecule has 0 saturated heterocycles. The molecule has 0 atom stereocenters. The number of hydrogen-bond acceptors (Lipinski definition) is 5. The van der Waals surface area contributed by atoms with Crippen LogP contribution in [0.15, 0.2) is 104 Å². The van der Waals surface area contributed by atoms with E-state index in [9.17, 15) is 9.90 Å². The third-order valence-corrected chi connectivity index (χ3v) is 6.20. The maximum Gasteiger partial charge on any atom is 0.282 e. The first-order chi connectivity index (χ1) is 16.6. The Hall–Kier alpha value is -4.23. The lowest BCUT2D eigenvalue weighted by Crippen LogP contribution is -2.20. The molecule has 0 aliphatic rings. The van der Waals surface area contributed by atoms with E-state index in [1.165, 1.54) is 10.9 Å². The zero-order valence-electron chi connectivity index (χ0n) is 17.6. The number of rotatable bonds is 3. The predicted octanol–water partition coefficient (Wildman–Crippen LogP) is 6.31. The summed E-state index contributed by atoms with van der Waals surface area (Å²) < 4.78 is 8.17. The number of phenolic OH excluding ortho intramolecular Hbond substituents is 1. The number of para-hydroxylation sites is 1. The van der Waals surface area contributed by atoms with Crippen molar-refractivity contribution in [3.8, 4) is 17.3 Å². The Morgan fingerprint density at radius 2 is 1.71 bits per heavy atom. The number of halogens is 1. The van der Waals surface area contributed by atoms with Gasteiger partial charge < -0.3 is 9.52 Å². The number of phenols is 1. The van der Waals surface area contributed by atoms with Crippen molar-refractivity contribution in [2.45, 2.75) is 0 Å². The van der Waals surface area contributed by atoms with Crippen LogP contribution in [0.25, 0.3) is 44.2 Å². The molecule has 0 spiro atoms. The van der Waals surface area contributed by atoms with E-state index in [-0.39, 0.29) is 17.1 Å². The Balaban J connectivity index is 1.60. The molecule has 0 unspecified atom stereocenters. The van der Waals surface area contributed by atoms with Gasteiger partial charge in [0, 0.05) is 15.4 Å². The monoisotopic (exact) mass is 509 g/mol. The van der Waals surface area contributed by atoms with Gasteiger partial charge in [0.1, 0.15) is 11.3 Å². The smallest absolute Gasteiger partial charge is 0.282 e. The largest absolute Gasteiger partial charge is 0.507 e. The predicted molar refractivity (Wildman–Crippen MR) is 138 cm³/mol. The van der Waals surface area contributed by atoms with E-state index >= 15 is 0 Å². The molecule has 6 rings (SSSR count). The first-order valence-electron chi connectivity index (χ1n) is 10.5. The lowest BCUT2D eigenvalue weighted by molar-refractivity contribution is 0.475. The van der Waals surface area contributed by atoms with Crippen LogP contribution in [0, 0.1) is 0 Å². The minimum absolute atomic E-state index is 0.0689. The highest BCUT2D eigenvalue weighted by Gasteiger charge is 2.17. The van der Waals surface area contributed by atoms with Crippen LogP contribution in [0.1, 0.15) is 5.56 Å². The van der Waals surface area contributed by atoms with Crippen LogP contribution in [-0.2, 0) is 0 Å². The maximum absolute atomic E-state index is 13.5. The molecular formula is C27H16BrN3O3. The Kier molecular flexibility index (Phi) is 4.78. The summed E-state index contributed by atoms with van der Waals surface area (Å²) in [5.41, 5.74) is 1.39. The highest BCUT2D eigenvalue weighted by atomic mass is 79.9.